The predicted octanol–water partition coefficient (Wildman–Crippen LogP) is 3.96. The quantitative estimate of drug-likeness (QED) is 0.408. The molecule has 3 aromatic heterocycles. The van der Waals surface area contributed by atoms with E-state index in [-0.39, 0.29) is 12.1 Å². The van der Waals surface area contributed by atoms with E-state index in [4.69, 9.17) is 29.9 Å². The van der Waals surface area contributed by atoms with Crippen LogP contribution in [0, 0.1) is 11.3 Å². The highest BCUT2D eigenvalue weighted by Crippen LogP contribution is 2.48. The van der Waals surface area contributed by atoms with Crippen molar-refractivity contribution in [3.05, 3.63) is 28.0 Å². The van der Waals surface area contributed by atoms with Crippen molar-refractivity contribution >= 4 is 34.2 Å². The van der Waals surface area contributed by atoms with E-state index >= 15 is 0 Å². The number of rotatable bonds is 5. The Morgan fingerprint density at radius 2 is 1.86 bits per heavy atom. The maximum atomic E-state index is 12.6. The lowest BCUT2D eigenvalue weighted by molar-refractivity contribution is 0.00873. The smallest absolute Gasteiger partial charge is 0.410 e. The zero-order valence-electron chi connectivity index (χ0n) is 30.1. The van der Waals surface area contributed by atoms with Crippen molar-refractivity contribution in [1.82, 2.24) is 34.8 Å². The summed E-state index contributed by atoms with van der Waals surface area (Å²) in [5.41, 5.74) is 7.23. The van der Waals surface area contributed by atoms with Crippen molar-refractivity contribution < 1.29 is 14.1 Å². The Labute approximate surface area is 298 Å². The standard InChI is InChI=1S/C35H49N11O3S/c1-22-19-42(6)11-8-12-46(22)32-38-25(30-40-31(49-41-30)35(5)10-7-9-26-28(35)24(18-36)29(37)50-26)17-27(39-32)45-20-23(21-45)43-13-15-44(16-14-43)33(47)48-34(2,3)4/h17,22-23H,7-16,19-21,37H2,1-6H3/t22-,35-/m0/s1. The number of carbonyl (C=O) groups is 1. The number of ether oxygens (including phenoxy) is 1. The van der Waals surface area contributed by atoms with E-state index in [0.29, 0.717) is 53.1 Å². The number of nitrogens with zero attached hydrogens (tertiary/aromatic N) is 10. The van der Waals surface area contributed by atoms with E-state index < -0.39 is 11.0 Å². The van der Waals surface area contributed by atoms with Crippen LogP contribution in [-0.4, -0.2) is 125 Å². The number of nitrogen functional groups attached to an aromatic ring is 1. The first-order chi connectivity index (χ1) is 23.8. The maximum absolute atomic E-state index is 12.6. The van der Waals surface area contributed by atoms with Gasteiger partial charge in [0.1, 0.15) is 28.2 Å². The van der Waals surface area contributed by atoms with Crippen LogP contribution in [0.2, 0.25) is 0 Å². The molecule has 0 saturated carbocycles. The fourth-order valence-electron chi connectivity index (χ4n) is 7.83. The van der Waals surface area contributed by atoms with E-state index in [1.807, 2.05) is 31.7 Å². The lowest BCUT2D eigenvalue weighted by Crippen LogP contribution is -2.64. The van der Waals surface area contributed by atoms with Crippen LogP contribution in [0.25, 0.3) is 11.5 Å². The Morgan fingerprint density at radius 3 is 2.58 bits per heavy atom. The molecule has 2 atom stereocenters. The summed E-state index contributed by atoms with van der Waals surface area (Å²) < 4.78 is 11.6. The topological polar surface area (TPSA) is 157 Å². The summed E-state index contributed by atoms with van der Waals surface area (Å²) in [6.45, 7) is 17.4. The van der Waals surface area contributed by atoms with E-state index in [1.54, 1.807) is 0 Å². The van der Waals surface area contributed by atoms with Crippen LogP contribution in [0.15, 0.2) is 10.6 Å². The van der Waals surface area contributed by atoms with Crippen molar-refractivity contribution in [2.24, 2.45) is 0 Å². The van der Waals surface area contributed by atoms with Crippen molar-refractivity contribution in [1.29, 1.82) is 5.26 Å². The van der Waals surface area contributed by atoms with Crippen molar-refractivity contribution in [2.45, 2.75) is 83.4 Å². The zero-order valence-corrected chi connectivity index (χ0v) is 30.9. The third-order valence-electron chi connectivity index (χ3n) is 10.6. The SMILES string of the molecule is C[C@H]1CN(C)CCCN1c1nc(-c2noc([C@@]3(C)CCCc4sc(N)c(C#N)c43)n2)cc(N2CC(N3CCN(C(=O)OC(C)(C)C)CC3)C2)n1. The van der Waals surface area contributed by atoms with Crippen LogP contribution in [0.3, 0.4) is 0 Å². The number of carbonyl (C=O) groups excluding carboxylic acids is 1. The van der Waals surface area contributed by atoms with Gasteiger partial charge >= 0.3 is 6.09 Å². The van der Waals surface area contributed by atoms with Crippen LogP contribution < -0.4 is 15.5 Å². The Hall–Kier alpha value is -4.00. The highest BCUT2D eigenvalue weighted by molar-refractivity contribution is 7.16. The fourth-order valence-corrected chi connectivity index (χ4v) is 9.02. The van der Waals surface area contributed by atoms with Gasteiger partial charge in [-0.05, 0) is 73.9 Å². The monoisotopic (exact) mass is 703 g/mol. The van der Waals surface area contributed by atoms with Crippen LogP contribution in [0.1, 0.15) is 75.8 Å². The summed E-state index contributed by atoms with van der Waals surface area (Å²) in [5, 5.41) is 15.0. The number of aryl methyl sites for hydroxylation is 1. The normalized spacial score (nSPS) is 24.0. The summed E-state index contributed by atoms with van der Waals surface area (Å²) in [4.78, 5) is 40.1. The fraction of sp³-hybridized carbons (Fsp3) is 0.657. The molecule has 3 aliphatic heterocycles. The van der Waals surface area contributed by atoms with Crippen molar-refractivity contribution in [3.8, 4) is 17.6 Å². The lowest BCUT2D eigenvalue weighted by atomic mass is 9.72. The molecule has 3 aromatic rings. The average molecular weight is 704 g/mol. The molecule has 2 N–H and O–H groups in total. The van der Waals surface area contributed by atoms with Gasteiger partial charge in [-0.15, -0.1) is 11.3 Å². The van der Waals surface area contributed by atoms with Gasteiger partial charge < -0.3 is 34.6 Å². The number of amides is 1. The number of likely N-dealkylation sites (N-methyl/N-ethyl adjacent to an activating group) is 1. The number of aromatic nitrogens is 4. The van der Waals surface area contributed by atoms with Crippen LogP contribution in [-0.2, 0) is 16.6 Å². The van der Waals surface area contributed by atoms with Crippen LogP contribution in [0.4, 0.5) is 21.6 Å². The molecule has 0 unspecified atom stereocenters. The second-order valence-corrected chi connectivity index (χ2v) is 16.6. The van der Waals surface area contributed by atoms with Gasteiger partial charge in [0.2, 0.25) is 17.7 Å². The molecular formula is C35H49N11O3S. The summed E-state index contributed by atoms with van der Waals surface area (Å²) in [7, 11) is 2.16. The number of piperazine rings is 1. The largest absolute Gasteiger partial charge is 0.444 e. The van der Waals surface area contributed by atoms with Gasteiger partial charge in [0.25, 0.3) is 0 Å². The van der Waals surface area contributed by atoms with Crippen LogP contribution in [0.5, 0.6) is 0 Å². The van der Waals surface area contributed by atoms with Gasteiger partial charge in [-0.1, -0.05) is 5.16 Å². The zero-order chi connectivity index (χ0) is 35.4. The summed E-state index contributed by atoms with van der Waals surface area (Å²) >= 11 is 1.49. The molecule has 6 heterocycles. The molecule has 14 nitrogen and oxygen atoms in total. The first-order valence-corrected chi connectivity index (χ1v) is 18.6. The molecule has 268 valence electrons. The predicted molar refractivity (Wildman–Crippen MR) is 192 cm³/mol. The molecule has 3 fully saturated rings. The molecule has 1 amide bonds. The highest BCUT2D eigenvalue weighted by atomic mass is 32.1. The molecule has 3 saturated heterocycles. The second kappa shape index (κ2) is 13.3. The highest BCUT2D eigenvalue weighted by Gasteiger charge is 2.43. The third-order valence-corrected chi connectivity index (χ3v) is 11.6. The van der Waals surface area contributed by atoms with E-state index in [1.165, 1.54) is 11.3 Å². The first kappa shape index (κ1) is 34.4. The molecule has 1 aliphatic carbocycles. The van der Waals surface area contributed by atoms with Gasteiger partial charge in [-0.25, -0.2) is 9.78 Å². The molecule has 50 heavy (non-hydrogen) atoms. The minimum atomic E-state index is -0.612. The number of hydrogen-bond donors (Lipinski definition) is 1. The number of anilines is 3. The van der Waals surface area contributed by atoms with Gasteiger partial charge in [-0.2, -0.15) is 15.2 Å². The molecule has 0 spiro atoms. The summed E-state index contributed by atoms with van der Waals surface area (Å²) in [5.74, 6) is 2.40. The Kier molecular flexibility index (Phi) is 9.15. The number of hydrogen-bond acceptors (Lipinski definition) is 14. The molecular weight excluding hydrogens is 655 g/mol. The first-order valence-electron chi connectivity index (χ1n) is 17.8. The Balaban J connectivity index is 1.13. The number of fused-ring (bicyclic) bond motifs is 1. The van der Waals surface area contributed by atoms with E-state index in [0.717, 1.165) is 87.8 Å². The van der Waals surface area contributed by atoms with E-state index in [9.17, 15) is 10.1 Å². The molecule has 4 aliphatic rings. The van der Waals surface area contributed by atoms with Gasteiger partial charge in [0.15, 0.2) is 0 Å². The van der Waals surface area contributed by atoms with Gasteiger partial charge in [0.05, 0.1) is 11.0 Å². The van der Waals surface area contributed by atoms with Gasteiger partial charge in [-0.3, -0.25) is 4.90 Å². The Morgan fingerprint density at radius 1 is 1.10 bits per heavy atom. The van der Waals surface area contributed by atoms with Crippen molar-refractivity contribution in [2.75, 3.05) is 81.5 Å². The number of nitriles is 1. The van der Waals surface area contributed by atoms with Crippen LogP contribution >= 0.6 is 11.3 Å². The lowest BCUT2D eigenvalue weighted by Gasteiger charge is -2.48. The minimum Gasteiger partial charge on any atom is -0.444 e. The third kappa shape index (κ3) is 6.60. The molecule has 0 aromatic carbocycles. The molecule has 7 rings (SSSR count). The average Bonchev–Trinajstić information content (AvgIpc) is 3.63. The number of nitrogens with two attached hydrogens (primary N) is 1. The van der Waals surface area contributed by atoms with E-state index in [2.05, 4.69) is 51.7 Å². The Bertz CT molecular complexity index is 1770. The van der Waals surface area contributed by atoms with Crippen molar-refractivity contribution in [3.63, 3.8) is 0 Å². The second-order valence-electron chi connectivity index (χ2n) is 15.5. The molecule has 15 heteroatoms. The van der Waals surface area contributed by atoms with Gasteiger partial charge in [0, 0.05) is 80.9 Å². The minimum absolute atomic E-state index is 0.227. The molecule has 0 radical (unpaired) electrons. The number of thiophene rings is 1. The molecule has 0 bridgehead atoms. The maximum Gasteiger partial charge on any atom is 0.410 e. The summed E-state index contributed by atoms with van der Waals surface area (Å²) in [6, 6.07) is 4.90. The summed E-state index contributed by atoms with van der Waals surface area (Å²) in [6.07, 6.45) is 3.40.